The molecule has 3 heterocycles. The van der Waals surface area contributed by atoms with Crippen molar-refractivity contribution in [2.75, 3.05) is 52.5 Å². The molecule has 1 aromatic heterocycles. The highest BCUT2D eigenvalue weighted by molar-refractivity contribution is 5.78. The normalized spacial score (nSPS) is 20.1. The minimum absolute atomic E-state index is 0.0513. The number of nitrogens with one attached hydrogen (secondary N) is 1. The molecule has 0 spiro atoms. The van der Waals surface area contributed by atoms with E-state index in [9.17, 15) is 4.79 Å². The van der Waals surface area contributed by atoms with E-state index >= 15 is 0 Å². The van der Waals surface area contributed by atoms with Crippen LogP contribution in [0.3, 0.4) is 0 Å². The Morgan fingerprint density at radius 1 is 1.15 bits per heavy atom. The topological polar surface area (TPSA) is 70.8 Å². The Labute approximate surface area is 197 Å². The van der Waals surface area contributed by atoms with Crippen LogP contribution in [0.25, 0.3) is 11.5 Å². The minimum Gasteiger partial charge on any atom is -0.441 e. The smallest absolute Gasteiger partial charge is 0.226 e. The molecule has 0 aliphatic carbocycles. The van der Waals surface area contributed by atoms with E-state index < -0.39 is 0 Å². The number of aromatic nitrogens is 1. The van der Waals surface area contributed by atoms with Gasteiger partial charge in [-0.25, -0.2) is 4.98 Å². The summed E-state index contributed by atoms with van der Waals surface area (Å²) >= 11 is 0. The van der Waals surface area contributed by atoms with E-state index in [1.807, 2.05) is 6.92 Å². The van der Waals surface area contributed by atoms with Crippen molar-refractivity contribution >= 4 is 5.91 Å². The fourth-order valence-corrected chi connectivity index (χ4v) is 4.69. The number of ether oxygens (including phenoxy) is 1. The maximum atomic E-state index is 12.7. The number of piperidine rings is 1. The number of aryl methyl sites for hydroxylation is 2. The van der Waals surface area contributed by atoms with Gasteiger partial charge in [-0.1, -0.05) is 19.1 Å². The summed E-state index contributed by atoms with van der Waals surface area (Å²) < 4.78 is 11.4. The summed E-state index contributed by atoms with van der Waals surface area (Å²) in [5.41, 5.74) is 3.28. The van der Waals surface area contributed by atoms with Crippen LogP contribution in [-0.4, -0.2) is 73.2 Å². The number of morpholine rings is 1. The van der Waals surface area contributed by atoms with E-state index in [2.05, 4.69) is 46.3 Å². The third-order valence-electron chi connectivity index (χ3n) is 6.81. The zero-order chi connectivity index (χ0) is 23.0. The van der Waals surface area contributed by atoms with Crippen LogP contribution in [0.1, 0.15) is 43.2 Å². The molecule has 1 N–H and O–H groups in total. The molecular formula is C26H38N4O3. The monoisotopic (exact) mass is 454 g/mol. The van der Waals surface area contributed by atoms with Crippen molar-refractivity contribution in [3.63, 3.8) is 0 Å². The summed E-state index contributed by atoms with van der Waals surface area (Å²) in [6, 6.07) is 8.41. The predicted octanol–water partition coefficient (Wildman–Crippen LogP) is 3.26. The summed E-state index contributed by atoms with van der Waals surface area (Å²) in [5, 5.41) is 3.17. The van der Waals surface area contributed by atoms with Crippen LogP contribution in [-0.2, 0) is 22.5 Å². The van der Waals surface area contributed by atoms with Crippen LogP contribution in [0.5, 0.6) is 0 Å². The van der Waals surface area contributed by atoms with Gasteiger partial charge in [0, 0.05) is 38.3 Å². The molecular weight excluding hydrogens is 416 g/mol. The fraction of sp³-hybridized carbons (Fsp3) is 0.615. The zero-order valence-electron chi connectivity index (χ0n) is 20.1. The van der Waals surface area contributed by atoms with E-state index in [1.165, 1.54) is 5.56 Å². The second-order valence-corrected chi connectivity index (χ2v) is 9.25. The van der Waals surface area contributed by atoms with Gasteiger partial charge in [-0.05, 0) is 63.4 Å². The summed E-state index contributed by atoms with van der Waals surface area (Å²) in [7, 11) is 0. The van der Waals surface area contributed by atoms with Gasteiger partial charge >= 0.3 is 0 Å². The van der Waals surface area contributed by atoms with Crippen LogP contribution >= 0.6 is 0 Å². The molecule has 2 aliphatic heterocycles. The maximum absolute atomic E-state index is 12.7. The lowest BCUT2D eigenvalue weighted by Crippen LogP contribution is -2.43. The third kappa shape index (κ3) is 6.65. The Hall–Kier alpha value is -2.22. The molecule has 1 amide bonds. The number of oxazole rings is 1. The van der Waals surface area contributed by atoms with Crippen molar-refractivity contribution < 1.29 is 13.9 Å². The number of benzene rings is 1. The quantitative estimate of drug-likeness (QED) is 0.587. The molecule has 1 aromatic carbocycles. The first kappa shape index (κ1) is 23.9. The highest BCUT2D eigenvalue weighted by Crippen LogP contribution is 2.25. The van der Waals surface area contributed by atoms with E-state index in [4.69, 9.17) is 14.1 Å². The van der Waals surface area contributed by atoms with Crippen LogP contribution in [0.4, 0.5) is 0 Å². The third-order valence-corrected chi connectivity index (χ3v) is 6.81. The second-order valence-electron chi connectivity index (χ2n) is 9.25. The number of rotatable bonds is 9. The van der Waals surface area contributed by atoms with Crippen LogP contribution in [0, 0.1) is 12.8 Å². The van der Waals surface area contributed by atoms with Crippen LogP contribution in [0.15, 0.2) is 28.7 Å². The lowest BCUT2D eigenvalue weighted by molar-refractivity contribution is -0.126. The highest BCUT2D eigenvalue weighted by atomic mass is 16.5. The molecule has 2 saturated heterocycles. The number of amides is 1. The van der Waals surface area contributed by atoms with Crippen molar-refractivity contribution in [3.8, 4) is 11.5 Å². The SMILES string of the molecule is CCc1ccc(-c2nc(CN3CCCC(C(=O)NCCCN4CCOCC4)C3)c(C)o2)cc1. The Morgan fingerprint density at radius 2 is 1.94 bits per heavy atom. The van der Waals surface area contributed by atoms with Gasteiger partial charge in [0.25, 0.3) is 0 Å². The first-order valence-electron chi connectivity index (χ1n) is 12.5. The molecule has 33 heavy (non-hydrogen) atoms. The van der Waals surface area contributed by atoms with E-state index in [1.54, 1.807) is 0 Å². The number of hydrogen-bond acceptors (Lipinski definition) is 6. The highest BCUT2D eigenvalue weighted by Gasteiger charge is 2.27. The molecule has 2 aliphatic rings. The van der Waals surface area contributed by atoms with E-state index in [0.29, 0.717) is 5.89 Å². The van der Waals surface area contributed by atoms with Crippen molar-refractivity contribution in [2.45, 2.75) is 46.1 Å². The molecule has 180 valence electrons. The van der Waals surface area contributed by atoms with Gasteiger partial charge in [-0.15, -0.1) is 0 Å². The molecule has 4 rings (SSSR count). The molecule has 1 atom stereocenters. The summed E-state index contributed by atoms with van der Waals surface area (Å²) in [6.45, 7) is 12.0. The minimum atomic E-state index is 0.0513. The number of likely N-dealkylation sites (tertiary alicyclic amines) is 1. The van der Waals surface area contributed by atoms with Gasteiger partial charge in [0.1, 0.15) is 5.76 Å². The number of carbonyl (C=O) groups excluding carboxylic acids is 1. The average Bonchev–Trinajstić information content (AvgIpc) is 3.22. The van der Waals surface area contributed by atoms with Crippen molar-refractivity contribution in [2.24, 2.45) is 5.92 Å². The van der Waals surface area contributed by atoms with Crippen molar-refractivity contribution in [1.29, 1.82) is 0 Å². The molecule has 2 aromatic rings. The summed E-state index contributed by atoms with van der Waals surface area (Å²) in [4.78, 5) is 22.3. The molecule has 0 saturated carbocycles. The Morgan fingerprint density at radius 3 is 2.70 bits per heavy atom. The van der Waals surface area contributed by atoms with Gasteiger partial charge in [-0.2, -0.15) is 0 Å². The maximum Gasteiger partial charge on any atom is 0.226 e. The standard InChI is InChI=1S/C26H38N4O3/c1-3-21-7-9-22(10-8-21)26-28-24(20(2)33-26)19-30-12-4-6-23(18-30)25(31)27-11-5-13-29-14-16-32-17-15-29/h7-10,23H,3-6,11-19H2,1-2H3,(H,27,31). The first-order chi connectivity index (χ1) is 16.1. The summed E-state index contributed by atoms with van der Waals surface area (Å²) in [5.74, 6) is 1.78. The van der Waals surface area contributed by atoms with Crippen molar-refractivity contribution in [1.82, 2.24) is 20.1 Å². The zero-order valence-corrected chi connectivity index (χ0v) is 20.1. The first-order valence-corrected chi connectivity index (χ1v) is 12.5. The Kier molecular flexibility index (Phi) is 8.53. The molecule has 0 radical (unpaired) electrons. The van der Waals surface area contributed by atoms with Gasteiger partial charge in [-0.3, -0.25) is 14.6 Å². The van der Waals surface area contributed by atoms with Gasteiger partial charge in [0.15, 0.2) is 0 Å². The van der Waals surface area contributed by atoms with E-state index in [-0.39, 0.29) is 11.8 Å². The fourth-order valence-electron chi connectivity index (χ4n) is 4.69. The molecule has 2 fully saturated rings. The second kappa shape index (κ2) is 11.8. The average molecular weight is 455 g/mol. The largest absolute Gasteiger partial charge is 0.441 e. The lowest BCUT2D eigenvalue weighted by Gasteiger charge is -2.31. The Bertz CT molecular complexity index is 889. The molecule has 7 heteroatoms. The van der Waals surface area contributed by atoms with Crippen molar-refractivity contribution in [3.05, 3.63) is 41.3 Å². The molecule has 7 nitrogen and oxygen atoms in total. The predicted molar refractivity (Wildman–Crippen MR) is 129 cm³/mol. The van der Waals surface area contributed by atoms with Crippen LogP contribution < -0.4 is 5.32 Å². The summed E-state index contributed by atoms with van der Waals surface area (Å²) in [6.07, 6.45) is 4.00. The number of carbonyl (C=O) groups is 1. The van der Waals surface area contributed by atoms with E-state index in [0.717, 1.165) is 102 Å². The van der Waals surface area contributed by atoms with Crippen LogP contribution in [0.2, 0.25) is 0 Å². The number of nitrogens with zero attached hydrogens (tertiary/aromatic N) is 3. The van der Waals surface area contributed by atoms with Gasteiger partial charge < -0.3 is 14.5 Å². The lowest BCUT2D eigenvalue weighted by atomic mass is 9.97. The van der Waals surface area contributed by atoms with Gasteiger partial charge in [0.05, 0.1) is 24.8 Å². The van der Waals surface area contributed by atoms with Gasteiger partial charge in [0.2, 0.25) is 11.8 Å². The molecule has 1 unspecified atom stereocenters. The Balaban J connectivity index is 1.25. The number of hydrogen-bond donors (Lipinski definition) is 1. The molecule has 0 bridgehead atoms.